The second kappa shape index (κ2) is 7.67. The molecule has 6 nitrogen and oxygen atoms in total. The normalized spacial score (nSPS) is 31.8. The molecule has 1 amide bonds. The Bertz CT molecular complexity index is 846. The van der Waals surface area contributed by atoms with E-state index < -0.39 is 10.0 Å². The van der Waals surface area contributed by atoms with E-state index in [0.29, 0.717) is 11.1 Å². The van der Waals surface area contributed by atoms with Crippen LogP contribution in [0.2, 0.25) is 0 Å². The minimum Gasteiger partial charge on any atom is -0.325 e. The lowest BCUT2D eigenvalue weighted by Gasteiger charge is -2.57. The SMILES string of the molecule is C[C@H](NCC12CC3CC(CC(C3)C1)C2)C(=O)Nc1cccc(S(=O)(=O)N(C)C)c1. The average molecular weight is 420 g/mol. The summed E-state index contributed by atoms with van der Waals surface area (Å²) in [6, 6.07) is 6.11. The molecule has 0 spiro atoms. The number of carbonyl (C=O) groups excluding carboxylic acids is 1. The van der Waals surface area contributed by atoms with E-state index in [4.69, 9.17) is 0 Å². The van der Waals surface area contributed by atoms with Crippen LogP contribution in [0.5, 0.6) is 0 Å². The summed E-state index contributed by atoms with van der Waals surface area (Å²) in [5.41, 5.74) is 0.879. The van der Waals surface area contributed by atoms with Crippen LogP contribution in [0.4, 0.5) is 5.69 Å². The molecule has 160 valence electrons. The molecule has 4 bridgehead atoms. The maximum Gasteiger partial charge on any atom is 0.242 e. The van der Waals surface area contributed by atoms with Crippen molar-refractivity contribution in [2.45, 2.75) is 56.4 Å². The van der Waals surface area contributed by atoms with Crippen molar-refractivity contribution in [2.24, 2.45) is 23.2 Å². The molecule has 0 radical (unpaired) electrons. The highest BCUT2D eigenvalue weighted by Crippen LogP contribution is 2.59. The van der Waals surface area contributed by atoms with Gasteiger partial charge >= 0.3 is 0 Å². The molecule has 1 atom stereocenters. The van der Waals surface area contributed by atoms with Crippen LogP contribution in [-0.2, 0) is 14.8 Å². The zero-order valence-electron chi connectivity index (χ0n) is 17.6. The van der Waals surface area contributed by atoms with Crippen LogP contribution in [-0.4, -0.2) is 45.3 Å². The van der Waals surface area contributed by atoms with E-state index in [9.17, 15) is 13.2 Å². The Hall–Kier alpha value is -1.44. The topological polar surface area (TPSA) is 78.5 Å². The molecular weight excluding hydrogens is 386 g/mol. The molecular formula is C22H33N3O3S. The molecule has 0 aromatic heterocycles. The lowest BCUT2D eigenvalue weighted by atomic mass is 9.49. The number of nitrogens with zero attached hydrogens (tertiary/aromatic N) is 1. The van der Waals surface area contributed by atoms with Crippen LogP contribution in [0.3, 0.4) is 0 Å². The number of sulfonamides is 1. The minimum atomic E-state index is -3.53. The molecule has 1 aromatic rings. The van der Waals surface area contributed by atoms with Crippen LogP contribution in [0.25, 0.3) is 0 Å². The molecule has 29 heavy (non-hydrogen) atoms. The lowest BCUT2D eigenvalue weighted by Crippen LogP contribution is -2.52. The summed E-state index contributed by atoms with van der Waals surface area (Å²) in [6.45, 7) is 2.79. The Labute approximate surface area is 174 Å². The summed E-state index contributed by atoms with van der Waals surface area (Å²) in [7, 11) is -0.531. The molecule has 5 rings (SSSR count). The van der Waals surface area contributed by atoms with Crippen molar-refractivity contribution in [1.82, 2.24) is 9.62 Å². The highest BCUT2D eigenvalue weighted by atomic mass is 32.2. The van der Waals surface area contributed by atoms with Gasteiger partial charge in [-0.1, -0.05) is 6.07 Å². The van der Waals surface area contributed by atoms with Gasteiger partial charge in [0.05, 0.1) is 10.9 Å². The Morgan fingerprint density at radius 1 is 1.14 bits per heavy atom. The third-order valence-electron chi connectivity index (χ3n) is 7.22. The first-order chi connectivity index (χ1) is 13.7. The van der Waals surface area contributed by atoms with Crippen LogP contribution >= 0.6 is 0 Å². The second-order valence-corrected chi connectivity index (χ2v) is 12.0. The van der Waals surface area contributed by atoms with Crippen LogP contribution in [0, 0.1) is 23.2 Å². The van der Waals surface area contributed by atoms with Crippen LogP contribution < -0.4 is 10.6 Å². The van der Waals surface area contributed by atoms with E-state index >= 15 is 0 Å². The molecule has 1 aromatic carbocycles. The summed E-state index contributed by atoms with van der Waals surface area (Å²) in [5.74, 6) is 2.56. The zero-order valence-corrected chi connectivity index (χ0v) is 18.5. The first-order valence-corrected chi connectivity index (χ1v) is 12.2. The largest absolute Gasteiger partial charge is 0.325 e. The van der Waals surface area contributed by atoms with Gasteiger partial charge < -0.3 is 10.6 Å². The van der Waals surface area contributed by atoms with Gasteiger partial charge in [-0.2, -0.15) is 0 Å². The number of carbonyl (C=O) groups is 1. The maximum absolute atomic E-state index is 12.7. The Morgan fingerprint density at radius 3 is 2.28 bits per heavy atom. The average Bonchev–Trinajstić information content (AvgIpc) is 2.65. The van der Waals surface area contributed by atoms with Crippen LogP contribution in [0.1, 0.15) is 45.4 Å². The molecule has 2 N–H and O–H groups in total. The minimum absolute atomic E-state index is 0.130. The van der Waals surface area contributed by atoms with Gasteiger partial charge in [-0.15, -0.1) is 0 Å². The summed E-state index contributed by atoms with van der Waals surface area (Å²) >= 11 is 0. The quantitative estimate of drug-likeness (QED) is 0.712. The van der Waals surface area contributed by atoms with Crippen molar-refractivity contribution in [3.63, 3.8) is 0 Å². The van der Waals surface area contributed by atoms with Crippen molar-refractivity contribution < 1.29 is 13.2 Å². The van der Waals surface area contributed by atoms with Gasteiger partial charge in [-0.05, 0) is 86.8 Å². The second-order valence-electron chi connectivity index (χ2n) is 9.82. The van der Waals surface area contributed by atoms with E-state index in [1.807, 2.05) is 6.92 Å². The van der Waals surface area contributed by atoms with Crippen molar-refractivity contribution >= 4 is 21.6 Å². The van der Waals surface area contributed by atoms with Gasteiger partial charge in [-0.3, -0.25) is 4.79 Å². The number of nitrogens with one attached hydrogen (secondary N) is 2. The van der Waals surface area contributed by atoms with Gasteiger partial charge in [0.1, 0.15) is 0 Å². The number of amides is 1. The maximum atomic E-state index is 12.7. The van der Waals surface area contributed by atoms with Crippen molar-refractivity contribution in [1.29, 1.82) is 0 Å². The van der Waals surface area contributed by atoms with E-state index in [0.717, 1.165) is 24.3 Å². The standard InChI is InChI=1S/C22H33N3O3S/c1-15(23-14-22-11-16-7-17(12-22)9-18(8-16)13-22)21(26)24-19-5-4-6-20(10-19)29(27,28)25(2)3/h4-6,10,15-18,23H,7-9,11-14H2,1-3H3,(H,24,26)/t15-,16?,17?,18?,22?/m0/s1. The Morgan fingerprint density at radius 2 is 1.72 bits per heavy atom. The van der Waals surface area contributed by atoms with Gasteiger partial charge in [0.2, 0.25) is 15.9 Å². The number of anilines is 1. The third-order valence-corrected chi connectivity index (χ3v) is 9.03. The summed E-state index contributed by atoms with van der Waals surface area (Å²) in [5, 5.41) is 6.35. The number of benzene rings is 1. The number of rotatable bonds is 7. The summed E-state index contributed by atoms with van der Waals surface area (Å²) in [6.07, 6.45) is 8.19. The first-order valence-electron chi connectivity index (χ1n) is 10.7. The monoisotopic (exact) mass is 419 g/mol. The highest BCUT2D eigenvalue weighted by Gasteiger charge is 2.50. The molecule has 0 heterocycles. The number of hydrogen-bond acceptors (Lipinski definition) is 4. The molecule has 4 aliphatic rings. The summed E-state index contributed by atoms with van der Waals surface area (Å²) < 4.78 is 25.8. The lowest BCUT2D eigenvalue weighted by molar-refractivity contribution is -0.118. The van der Waals surface area contributed by atoms with Gasteiger partial charge in [0.25, 0.3) is 0 Å². The fourth-order valence-electron chi connectivity index (χ4n) is 6.16. The van der Waals surface area contributed by atoms with Crippen LogP contribution in [0.15, 0.2) is 29.2 Å². The Balaban J connectivity index is 1.36. The molecule has 4 saturated carbocycles. The first kappa shape index (κ1) is 20.8. The van der Waals surface area contributed by atoms with E-state index in [-0.39, 0.29) is 16.8 Å². The molecule has 4 fully saturated rings. The fourth-order valence-corrected chi connectivity index (χ4v) is 7.11. The van der Waals surface area contributed by atoms with Crippen molar-refractivity contribution in [2.75, 3.05) is 26.0 Å². The smallest absolute Gasteiger partial charge is 0.242 e. The Kier molecular flexibility index (Phi) is 5.51. The van der Waals surface area contributed by atoms with Crippen molar-refractivity contribution in [3.05, 3.63) is 24.3 Å². The highest BCUT2D eigenvalue weighted by molar-refractivity contribution is 7.89. The van der Waals surface area contributed by atoms with Gasteiger partial charge in [0, 0.05) is 26.3 Å². The molecule has 4 aliphatic carbocycles. The molecule has 0 unspecified atom stereocenters. The van der Waals surface area contributed by atoms with Gasteiger partial charge in [0.15, 0.2) is 0 Å². The molecule has 0 aliphatic heterocycles. The molecule has 7 heteroatoms. The zero-order chi connectivity index (χ0) is 20.8. The van der Waals surface area contributed by atoms with E-state index in [2.05, 4.69) is 10.6 Å². The number of hydrogen-bond donors (Lipinski definition) is 2. The predicted octanol–water partition coefficient (Wildman–Crippen LogP) is 3.07. The van der Waals surface area contributed by atoms with E-state index in [1.165, 1.54) is 63.0 Å². The third kappa shape index (κ3) is 4.23. The van der Waals surface area contributed by atoms with E-state index in [1.54, 1.807) is 18.2 Å². The molecule has 0 saturated heterocycles. The summed E-state index contributed by atoms with van der Waals surface area (Å²) in [4.78, 5) is 12.9. The van der Waals surface area contributed by atoms with Gasteiger partial charge in [-0.25, -0.2) is 12.7 Å². The predicted molar refractivity (Wildman–Crippen MR) is 114 cm³/mol. The van der Waals surface area contributed by atoms with Crippen molar-refractivity contribution in [3.8, 4) is 0 Å². The fraction of sp³-hybridized carbons (Fsp3) is 0.682.